The predicted molar refractivity (Wildman–Crippen MR) is 48.8 cm³/mol. The van der Waals surface area contributed by atoms with Crippen LogP contribution >= 0.6 is 15.9 Å². The fourth-order valence-electron chi connectivity index (χ4n) is 0.797. The van der Waals surface area contributed by atoms with Crippen LogP contribution < -0.4 is 0 Å². The molecule has 0 spiro atoms. The Bertz CT molecular complexity index is 336. The molecule has 0 unspecified atom stereocenters. The molecule has 0 aromatic heterocycles. The molecule has 0 atom stereocenters. The molecule has 0 aliphatic heterocycles. The molecule has 1 rings (SSSR count). The predicted octanol–water partition coefficient (Wildman–Crippen LogP) is 2.69. The Hall–Kier alpha value is -1.16. The minimum atomic E-state index is -0.453. The molecule has 1 radical (unpaired) electrons. The number of halogens is 1. The van der Waals surface area contributed by atoms with Gasteiger partial charge in [0.05, 0.1) is 4.92 Å². The van der Waals surface area contributed by atoms with Crippen LogP contribution in [0.25, 0.3) is 0 Å². The van der Waals surface area contributed by atoms with E-state index in [-0.39, 0.29) is 5.69 Å². The van der Waals surface area contributed by atoms with Gasteiger partial charge in [0.15, 0.2) is 0 Å². The van der Waals surface area contributed by atoms with Crippen molar-refractivity contribution in [1.29, 1.82) is 0 Å². The summed E-state index contributed by atoms with van der Waals surface area (Å²) < 4.78 is 0.421. The van der Waals surface area contributed by atoms with Gasteiger partial charge in [-0.05, 0) is 22.0 Å². The summed E-state index contributed by atoms with van der Waals surface area (Å²) in [7, 11) is 0. The number of nitro benzene ring substituents is 1. The Morgan fingerprint density at radius 1 is 1.58 bits per heavy atom. The second kappa shape index (κ2) is 3.49. The minimum Gasteiger partial charge on any atom is -0.258 e. The van der Waals surface area contributed by atoms with E-state index in [2.05, 4.69) is 28.6 Å². The molecule has 4 heteroatoms. The molecule has 61 valence electrons. The molecule has 3 nitrogen and oxygen atoms in total. The first-order valence-electron chi connectivity index (χ1n) is 3.13. The molecule has 0 saturated carbocycles. The van der Waals surface area contributed by atoms with Crippen LogP contribution in [0.15, 0.2) is 29.3 Å². The van der Waals surface area contributed by atoms with Gasteiger partial charge in [-0.25, -0.2) is 0 Å². The van der Waals surface area contributed by atoms with E-state index in [4.69, 9.17) is 0 Å². The summed E-state index contributed by atoms with van der Waals surface area (Å²) in [5.41, 5.74) is 0.632. The zero-order chi connectivity index (χ0) is 9.14. The monoisotopic (exact) mass is 226 g/mol. The zero-order valence-corrected chi connectivity index (χ0v) is 7.67. The van der Waals surface area contributed by atoms with E-state index in [1.807, 2.05) is 0 Å². The first-order valence-corrected chi connectivity index (χ1v) is 3.92. The SMILES string of the molecule is C=[C]c1cccc([N+](=O)[O-])c1Br. The van der Waals surface area contributed by atoms with Gasteiger partial charge in [0.2, 0.25) is 0 Å². The van der Waals surface area contributed by atoms with E-state index in [1.165, 1.54) is 6.07 Å². The van der Waals surface area contributed by atoms with Crippen LogP contribution in [0.1, 0.15) is 5.56 Å². The second-order valence-electron chi connectivity index (χ2n) is 2.07. The fraction of sp³-hybridized carbons (Fsp3) is 0. The summed E-state index contributed by atoms with van der Waals surface area (Å²) in [5.74, 6) is 0. The van der Waals surface area contributed by atoms with Crippen LogP contribution in [-0.4, -0.2) is 4.92 Å². The lowest BCUT2D eigenvalue weighted by Crippen LogP contribution is -1.90. The van der Waals surface area contributed by atoms with Crippen molar-refractivity contribution in [2.45, 2.75) is 0 Å². The van der Waals surface area contributed by atoms with E-state index in [0.29, 0.717) is 10.0 Å². The van der Waals surface area contributed by atoms with Gasteiger partial charge in [-0.2, -0.15) is 0 Å². The van der Waals surface area contributed by atoms with Gasteiger partial charge in [0, 0.05) is 11.6 Å². The topological polar surface area (TPSA) is 43.1 Å². The molecule has 12 heavy (non-hydrogen) atoms. The summed E-state index contributed by atoms with van der Waals surface area (Å²) in [6.07, 6.45) is 2.59. The van der Waals surface area contributed by atoms with E-state index in [0.717, 1.165) is 0 Å². The van der Waals surface area contributed by atoms with Gasteiger partial charge in [-0.15, -0.1) is 0 Å². The third kappa shape index (κ3) is 1.53. The number of benzene rings is 1. The van der Waals surface area contributed by atoms with Crippen LogP contribution in [0.4, 0.5) is 5.69 Å². The maximum absolute atomic E-state index is 10.4. The maximum Gasteiger partial charge on any atom is 0.284 e. The molecule has 1 aromatic carbocycles. The van der Waals surface area contributed by atoms with Crippen LogP contribution in [0, 0.1) is 16.2 Å². The third-order valence-electron chi connectivity index (χ3n) is 1.37. The third-order valence-corrected chi connectivity index (χ3v) is 2.20. The van der Waals surface area contributed by atoms with Gasteiger partial charge < -0.3 is 0 Å². The van der Waals surface area contributed by atoms with Gasteiger partial charge in [0.1, 0.15) is 4.47 Å². The lowest BCUT2D eigenvalue weighted by Gasteiger charge is -1.97. The number of nitro groups is 1. The van der Waals surface area contributed by atoms with Crippen molar-refractivity contribution in [2.75, 3.05) is 0 Å². The zero-order valence-electron chi connectivity index (χ0n) is 6.08. The van der Waals surface area contributed by atoms with Gasteiger partial charge in [-0.1, -0.05) is 18.7 Å². The second-order valence-corrected chi connectivity index (χ2v) is 2.87. The summed E-state index contributed by atoms with van der Waals surface area (Å²) >= 11 is 3.10. The highest BCUT2D eigenvalue weighted by molar-refractivity contribution is 9.10. The number of hydrogen-bond acceptors (Lipinski definition) is 2. The average molecular weight is 227 g/mol. The normalized spacial score (nSPS) is 9.42. The maximum atomic E-state index is 10.4. The van der Waals surface area contributed by atoms with Crippen molar-refractivity contribution in [2.24, 2.45) is 0 Å². The highest BCUT2D eigenvalue weighted by Crippen LogP contribution is 2.27. The number of rotatable bonds is 2. The van der Waals surface area contributed by atoms with Crippen LogP contribution in [0.3, 0.4) is 0 Å². The van der Waals surface area contributed by atoms with Crippen LogP contribution in [-0.2, 0) is 0 Å². The van der Waals surface area contributed by atoms with E-state index >= 15 is 0 Å². The minimum absolute atomic E-state index is 0.0312. The first kappa shape index (κ1) is 8.93. The average Bonchev–Trinajstić information content (AvgIpc) is 2.04. The molecule has 0 bridgehead atoms. The number of hydrogen-bond donors (Lipinski definition) is 0. The smallest absolute Gasteiger partial charge is 0.258 e. The van der Waals surface area contributed by atoms with Crippen LogP contribution in [0.2, 0.25) is 0 Å². The molecule has 0 heterocycles. The van der Waals surface area contributed by atoms with Crippen molar-refractivity contribution in [3.05, 3.63) is 51.0 Å². The Morgan fingerprint density at radius 3 is 2.75 bits per heavy atom. The summed E-state index contributed by atoms with van der Waals surface area (Å²) in [4.78, 5) is 9.96. The van der Waals surface area contributed by atoms with Crippen molar-refractivity contribution < 1.29 is 4.92 Å². The Balaban J connectivity index is 3.32. The van der Waals surface area contributed by atoms with Crippen molar-refractivity contribution >= 4 is 21.6 Å². The van der Waals surface area contributed by atoms with Crippen LogP contribution in [0.5, 0.6) is 0 Å². The Kier molecular flexibility index (Phi) is 2.60. The highest BCUT2D eigenvalue weighted by Gasteiger charge is 2.12. The fourth-order valence-corrected chi connectivity index (χ4v) is 1.35. The van der Waals surface area contributed by atoms with E-state index in [1.54, 1.807) is 12.1 Å². The van der Waals surface area contributed by atoms with E-state index < -0.39 is 4.92 Å². The van der Waals surface area contributed by atoms with Crippen molar-refractivity contribution in [3.8, 4) is 0 Å². The lowest BCUT2D eigenvalue weighted by atomic mass is 10.2. The summed E-state index contributed by atoms with van der Waals surface area (Å²) in [5, 5.41) is 10.4. The number of nitrogens with zero attached hydrogens (tertiary/aromatic N) is 1. The molecule has 0 saturated heterocycles. The Labute approximate surface area is 78.0 Å². The van der Waals surface area contributed by atoms with Crippen molar-refractivity contribution in [3.63, 3.8) is 0 Å². The molecule has 1 aromatic rings. The molecule has 0 fully saturated rings. The molecule has 0 aliphatic rings. The molecule has 0 amide bonds. The van der Waals surface area contributed by atoms with Gasteiger partial charge in [0.25, 0.3) is 5.69 Å². The largest absolute Gasteiger partial charge is 0.284 e. The summed E-state index contributed by atoms with van der Waals surface area (Å²) in [6.45, 7) is 3.41. The molecular weight excluding hydrogens is 222 g/mol. The highest BCUT2D eigenvalue weighted by atomic mass is 79.9. The Morgan fingerprint density at radius 2 is 2.25 bits per heavy atom. The molecule has 0 aliphatic carbocycles. The summed E-state index contributed by atoms with van der Waals surface area (Å²) in [6, 6.07) is 4.71. The molecule has 0 N–H and O–H groups in total. The lowest BCUT2D eigenvalue weighted by molar-refractivity contribution is -0.385. The quantitative estimate of drug-likeness (QED) is 0.575. The molecular formula is C8H5BrNO2. The first-order chi connectivity index (χ1) is 5.66. The van der Waals surface area contributed by atoms with E-state index in [9.17, 15) is 10.1 Å². The standard InChI is InChI=1S/C8H5BrNO2/c1-2-6-4-3-5-7(8(6)9)10(11)12/h3-5H,1H2. The van der Waals surface area contributed by atoms with Gasteiger partial charge >= 0.3 is 0 Å². The van der Waals surface area contributed by atoms with Gasteiger partial charge in [-0.3, -0.25) is 10.1 Å². The van der Waals surface area contributed by atoms with Crippen molar-refractivity contribution in [1.82, 2.24) is 0 Å².